The van der Waals surface area contributed by atoms with E-state index in [4.69, 9.17) is 11.6 Å². The van der Waals surface area contributed by atoms with Gasteiger partial charge >= 0.3 is 0 Å². The fraction of sp³-hybridized carbons (Fsp3) is 0.471. The lowest BCUT2D eigenvalue weighted by atomic mass is 9.93. The molecule has 1 aliphatic heterocycles. The van der Waals surface area contributed by atoms with Crippen molar-refractivity contribution in [2.45, 2.75) is 32.7 Å². The molecule has 0 unspecified atom stereocenters. The third-order valence-electron chi connectivity index (χ3n) is 4.09. The van der Waals surface area contributed by atoms with Crippen LogP contribution in [0.25, 0.3) is 10.6 Å². The van der Waals surface area contributed by atoms with Gasteiger partial charge in [-0.25, -0.2) is 4.98 Å². The molecule has 2 aromatic rings. The highest BCUT2D eigenvalue weighted by molar-refractivity contribution is 7.13. The van der Waals surface area contributed by atoms with E-state index in [1.807, 2.05) is 0 Å². The predicted molar refractivity (Wildman–Crippen MR) is 90.8 cm³/mol. The lowest BCUT2D eigenvalue weighted by molar-refractivity contribution is 0.285. The first-order valence-corrected chi connectivity index (χ1v) is 8.80. The Balaban J connectivity index is 1.83. The molecule has 4 heteroatoms. The zero-order valence-electron chi connectivity index (χ0n) is 12.6. The molecule has 0 N–H and O–H groups in total. The van der Waals surface area contributed by atoms with Crippen molar-refractivity contribution in [3.05, 3.63) is 40.9 Å². The lowest BCUT2D eigenvalue weighted by Gasteiger charge is -2.20. The molecule has 2 nitrogen and oxygen atoms in total. The Morgan fingerprint density at radius 1 is 1.33 bits per heavy atom. The van der Waals surface area contributed by atoms with Crippen molar-refractivity contribution in [2.75, 3.05) is 13.1 Å². The standard InChI is InChI=1S/C17H21ClN2S/c1-17(2)7-8-20(12-17)10-13-5-3-4-6-15(13)16-19-14(9-18)11-21-16/h3-6,11H,7-10,12H2,1-2H3. The Morgan fingerprint density at radius 3 is 2.81 bits per heavy atom. The van der Waals surface area contributed by atoms with Gasteiger partial charge in [-0.3, -0.25) is 4.90 Å². The van der Waals surface area contributed by atoms with Crippen LogP contribution in [0.2, 0.25) is 0 Å². The second kappa shape index (κ2) is 6.07. The molecule has 1 aliphatic rings. The second-order valence-electron chi connectivity index (χ2n) is 6.56. The summed E-state index contributed by atoms with van der Waals surface area (Å²) in [4.78, 5) is 7.18. The topological polar surface area (TPSA) is 16.1 Å². The molecular weight excluding hydrogens is 300 g/mol. The highest BCUT2D eigenvalue weighted by atomic mass is 35.5. The fourth-order valence-electron chi connectivity index (χ4n) is 2.96. The Kier molecular flexibility index (Phi) is 4.34. The number of hydrogen-bond donors (Lipinski definition) is 0. The minimum Gasteiger partial charge on any atom is -0.299 e. The number of nitrogens with zero attached hydrogens (tertiary/aromatic N) is 2. The first-order chi connectivity index (χ1) is 10.1. The van der Waals surface area contributed by atoms with Gasteiger partial charge in [-0.1, -0.05) is 38.1 Å². The highest BCUT2D eigenvalue weighted by Crippen LogP contribution is 2.32. The van der Waals surface area contributed by atoms with Gasteiger partial charge in [0.1, 0.15) is 5.01 Å². The van der Waals surface area contributed by atoms with E-state index in [9.17, 15) is 0 Å². The number of alkyl halides is 1. The van der Waals surface area contributed by atoms with Gasteiger partial charge in [0.05, 0.1) is 11.6 Å². The molecule has 0 bridgehead atoms. The third-order valence-corrected chi connectivity index (χ3v) is 5.29. The molecule has 0 radical (unpaired) electrons. The van der Waals surface area contributed by atoms with Crippen molar-refractivity contribution < 1.29 is 0 Å². The fourth-order valence-corrected chi connectivity index (χ4v) is 4.07. The average molecular weight is 321 g/mol. The molecule has 1 aromatic heterocycles. The van der Waals surface area contributed by atoms with Crippen LogP contribution in [0.4, 0.5) is 0 Å². The number of hydrogen-bond acceptors (Lipinski definition) is 3. The van der Waals surface area contributed by atoms with Crippen molar-refractivity contribution in [2.24, 2.45) is 5.41 Å². The minimum absolute atomic E-state index is 0.446. The van der Waals surface area contributed by atoms with Crippen LogP contribution in [-0.2, 0) is 12.4 Å². The van der Waals surface area contributed by atoms with E-state index in [0.717, 1.165) is 17.2 Å². The van der Waals surface area contributed by atoms with E-state index in [1.165, 1.54) is 30.6 Å². The van der Waals surface area contributed by atoms with Crippen LogP contribution in [0.3, 0.4) is 0 Å². The van der Waals surface area contributed by atoms with Crippen molar-refractivity contribution >= 4 is 22.9 Å². The second-order valence-corrected chi connectivity index (χ2v) is 7.69. The molecule has 3 rings (SSSR count). The zero-order valence-corrected chi connectivity index (χ0v) is 14.2. The van der Waals surface area contributed by atoms with E-state index in [2.05, 4.69) is 53.4 Å². The van der Waals surface area contributed by atoms with Gasteiger partial charge in [0, 0.05) is 24.0 Å². The smallest absolute Gasteiger partial charge is 0.123 e. The van der Waals surface area contributed by atoms with Gasteiger partial charge in [-0.05, 0) is 23.9 Å². The first kappa shape index (κ1) is 15.0. The molecule has 2 heterocycles. The van der Waals surface area contributed by atoms with Gasteiger partial charge in [0.15, 0.2) is 0 Å². The van der Waals surface area contributed by atoms with Crippen molar-refractivity contribution in [3.8, 4) is 10.6 Å². The van der Waals surface area contributed by atoms with Crippen LogP contribution in [0, 0.1) is 5.41 Å². The molecule has 1 fully saturated rings. The van der Waals surface area contributed by atoms with E-state index >= 15 is 0 Å². The molecule has 0 atom stereocenters. The normalized spacial score (nSPS) is 18.2. The van der Waals surface area contributed by atoms with Gasteiger partial charge in [0.25, 0.3) is 0 Å². The zero-order chi connectivity index (χ0) is 14.9. The number of rotatable bonds is 4. The Morgan fingerprint density at radius 2 is 2.14 bits per heavy atom. The van der Waals surface area contributed by atoms with Gasteiger partial charge in [0.2, 0.25) is 0 Å². The minimum atomic E-state index is 0.446. The molecule has 0 saturated carbocycles. The summed E-state index contributed by atoms with van der Waals surface area (Å²) in [6, 6.07) is 8.61. The first-order valence-electron chi connectivity index (χ1n) is 7.38. The van der Waals surface area contributed by atoms with Crippen LogP contribution in [-0.4, -0.2) is 23.0 Å². The van der Waals surface area contributed by atoms with Crippen LogP contribution in [0.1, 0.15) is 31.5 Å². The lowest BCUT2D eigenvalue weighted by Crippen LogP contribution is -2.23. The third kappa shape index (κ3) is 3.47. The highest BCUT2D eigenvalue weighted by Gasteiger charge is 2.29. The van der Waals surface area contributed by atoms with E-state index in [0.29, 0.717) is 11.3 Å². The van der Waals surface area contributed by atoms with Gasteiger partial charge in [-0.2, -0.15) is 0 Å². The number of aromatic nitrogens is 1. The molecule has 1 aromatic carbocycles. The maximum atomic E-state index is 5.87. The SMILES string of the molecule is CC1(C)CCN(Cc2ccccc2-c2nc(CCl)cs2)C1. The Labute approximate surface area is 135 Å². The summed E-state index contributed by atoms with van der Waals surface area (Å²) in [6.07, 6.45) is 1.28. The number of halogens is 1. The van der Waals surface area contributed by atoms with Crippen molar-refractivity contribution in [1.82, 2.24) is 9.88 Å². The predicted octanol–water partition coefficient (Wildman–Crippen LogP) is 4.78. The van der Waals surface area contributed by atoms with E-state index in [1.54, 1.807) is 11.3 Å². The Bertz CT molecular complexity index is 621. The largest absolute Gasteiger partial charge is 0.299 e. The van der Waals surface area contributed by atoms with Crippen LogP contribution >= 0.6 is 22.9 Å². The van der Waals surface area contributed by atoms with Gasteiger partial charge in [-0.15, -0.1) is 22.9 Å². The summed E-state index contributed by atoms with van der Waals surface area (Å²) in [5, 5.41) is 3.14. The molecule has 21 heavy (non-hydrogen) atoms. The molecule has 0 amide bonds. The molecule has 0 aliphatic carbocycles. The Hall–Kier alpha value is -0.900. The average Bonchev–Trinajstić information content (AvgIpc) is 3.06. The molecule has 112 valence electrons. The summed E-state index contributed by atoms with van der Waals surface area (Å²) in [5.74, 6) is 0.485. The maximum absolute atomic E-state index is 5.87. The molecule has 0 spiro atoms. The van der Waals surface area contributed by atoms with Crippen molar-refractivity contribution in [1.29, 1.82) is 0 Å². The quantitative estimate of drug-likeness (QED) is 0.754. The number of thiazole rings is 1. The summed E-state index contributed by atoms with van der Waals surface area (Å²) in [6.45, 7) is 8.08. The van der Waals surface area contributed by atoms with Crippen molar-refractivity contribution in [3.63, 3.8) is 0 Å². The summed E-state index contributed by atoms with van der Waals surface area (Å²) in [7, 11) is 0. The van der Waals surface area contributed by atoms with Crippen LogP contribution in [0.15, 0.2) is 29.6 Å². The number of likely N-dealkylation sites (tertiary alicyclic amines) is 1. The van der Waals surface area contributed by atoms with Crippen LogP contribution in [0.5, 0.6) is 0 Å². The summed E-state index contributed by atoms with van der Waals surface area (Å²) < 4.78 is 0. The summed E-state index contributed by atoms with van der Waals surface area (Å²) >= 11 is 7.56. The maximum Gasteiger partial charge on any atom is 0.123 e. The van der Waals surface area contributed by atoms with E-state index in [-0.39, 0.29) is 0 Å². The van der Waals surface area contributed by atoms with Crippen LogP contribution < -0.4 is 0 Å². The van der Waals surface area contributed by atoms with E-state index < -0.39 is 0 Å². The number of benzene rings is 1. The molecule has 1 saturated heterocycles. The monoisotopic (exact) mass is 320 g/mol. The van der Waals surface area contributed by atoms with Gasteiger partial charge < -0.3 is 0 Å². The molecular formula is C17H21ClN2S. The summed E-state index contributed by atoms with van der Waals surface area (Å²) in [5.41, 5.74) is 4.03.